The number of nitrogens with one attached hydrogen (secondary N) is 2. The van der Waals surface area contributed by atoms with Crippen molar-refractivity contribution in [3.8, 4) is 0 Å². The van der Waals surface area contributed by atoms with Crippen LogP contribution in [0, 0.1) is 0 Å². The smallest absolute Gasteiger partial charge is 0.429 e. The lowest BCUT2D eigenvalue weighted by atomic mass is 10.1. The Morgan fingerprint density at radius 1 is 1.62 bits per heavy atom. The van der Waals surface area contributed by atoms with Crippen LogP contribution in [0.15, 0.2) is 12.8 Å². The van der Waals surface area contributed by atoms with Crippen molar-refractivity contribution in [2.45, 2.75) is 25.1 Å². The summed E-state index contributed by atoms with van der Waals surface area (Å²) in [6, 6.07) is -0.336. The number of ether oxygens (including phenoxy) is 3. The molecule has 0 radical (unpaired) electrons. The van der Waals surface area contributed by atoms with Crippen LogP contribution in [-0.4, -0.2) is 73.5 Å². The van der Waals surface area contributed by atoms with E-state index in [4.69, 9.17) is 25.6 Å². The first kappa shape index (κ1) is 23.2. The number of carbonyl (C=O) groups excluding carboxylic acids is 1. The van der Waals surface area contributed by atoms with Gasteiger partial charge in [0, 0.05) is 32.8 Å². The Labute approximate surface area is 158 Å². The summed E-state index contributed by atoms with van der Waals surface area (Å²) in [4.78, 5) is 21.0. The van der Waals surface area contributed by atoms with Crippen molar-refractivity contribution >= 4 is 25.4 Å². The van der Waals surface area contributed by atoms with Crippen LogP contribution in [0.3, 0.4) is 0 Å². The fraction of sp³-hybridized carbons (Fsp3) is 0.786. The van der Waals surface area contributed by atoms with Gasteiger partial charge in [-0.2, -0.15) is 0 Å². The summed E-state index contributed by atoms with van der Waals surface area (Å²) in [5.74, 6) is 0. The van der Waals surface area contributed by atoms with Crippen molar-refractivity contribution in [2.75, 3.05) is 45.6 Å². The van der Waals surface area contributed by atoms with E-state index in [1.807, 2.05) is 12.1 Å². The number of halogens is 1. The Bertz CT molecular complexity index is 505. The van der Waals surface area contributed by atoms with E-state index < -0.39 is 25.5 Å². The average Bonchev–Trinajstić information content (AvgIpc) is 3.03. The van der Waals surface area contributed by atoms with Crippen molar-refractivity contribution in [1.82, 2.24) is 15.8 Å². The van der Waals surface area contributed by atoms with Crippen molar-refractivity contribution in [3.05, 3.63) is 12.8 Å². The zero-order valence-electron chi connectivity index (χ0n) is 15.0. The van der Waals surface area contributed by atoms with Crippen LogP contribution >= 0.6 is 19.2 Å². The first-order valence-corrected chi connectivity index (χ1v) is 10.3. The number of rotatable bonds is 12. The zero-order valence-corrected chi connectivity index (χ0v) is 16.6. The second kappa shape index (κ2) is 11.1. The summed E-state index contributed by atoms with van der Waals surface area (Å²) in [5, 5.41) is 5.04. The van der Waals surface area contributed by atoms with Gasteiger partial charge in [-0.05, 0) is 6.92 Å². The van der Waals surface area contributed by atoms with E-state index in [1.54, 1.807) is 6.20 Å². The van der Waals surface area contributed by atoms with Crippen molar-refractivity contribution in [2.24, 2.45) is 0 Å². The molecular formula is C14H27ClN3O7P. The molecule has 0 aromatic rings. The molecule has 0 aromatic heterocycles. The van der Waals surface area contributed by atoms with Crippen molar-refractivity contribution in [1.29, 1.82) is 0 Å². The molecule has 1 saturated heterocycles. The Kier molecular flexibility index (Phi) is 9.88. The number of hydrazine groups is 1. The Hall–Kier alpha value is -0.870. The molecule has 1 aliphatic rings. The maximum atomic E-state index is 12.1. The van der Waals surface area contributed by atoms with E-state index in [2.05, 4.69) is 22.1 Å². The normalized spacial score (nSPS) is 23.3. The minimum absolute atomic E-state index is 0.116. The SMILES string of the molecule is C=CNN(C)C1(NCCP(=O)(O)OCC(C)OC(=O)OCCl)CCOC1. The number of hydrogen-bond acceptors (Lipinski definition) is 9. The molecule has 1 heterocycles. The Morgan fingerprint density at radius 3 is 2.92 bits per heavy atom. The van der Waals surface area contributed by atoms with E-state index in [0.717, 1.165) is 0 Å². The second-order valence-electron chi connectivity index (χ2n) is 5.74. The molecule has 10 nitrogen and oxygen atoms in total. The van der Waals surface area contributed by atoms with Crippen LogP contribution in [0.2, 0.25) is 0 Å². The number of hydrogen-bond donors (Lipinski definition) is 3. The molecule has 0 bridgehead atoms. The maximum Gasteiger partial charge on any atom is 0.509 e. The summed E-state index contributed by atoms with van der Waals surface area (Å²) < 4.78 is 31.8. The predicted molar refractivity (Wildman–Crippen MR) is 95.7 cm³/mol. The molecule has 0 spiro atoms. The highest BCUT2D eigenvalue weighted by atomic mass is 35.5. The molecule has 3 unspecified atom stereocenters. The quantitative estimate of drug-likeness (QED) is 0.141. The van der Waals surface area contributed by atoms with Gasteiger partial charge in [-0.25, -0.2) is 9.80 Å². The molecule has 1 aliphatic heterocycles. The van der Waals surface area contributed by atoms with E-state index in [1.165, 1.54) is 6.92 Å². The number of nitrogens with zero attached hydrogens (tertiary/aromatic N) is 1. The largest absolute Gasteiger partial charge is 0.509 e. The molecule has 1 fully saturated rings. The molecule has 12 heteroatoms. The van der Waals surface area contributed by atoms with E-state index in [-0.39, 0.29) is 25.4 Å². The molecule has 1 rings (SSSR count). The molecule has 152 valence electrons. The molecule has 3 N–H and O–H groups in total. The third-order valence-electron chi connectivity index (χ3n) is 3.76. The number of carbonyl (C=O) groups is 1. The van der Waals surface area contributed by atoms with Crippen LogP contribution < -0.4 is 10.7 Å². The van der Waals surface area contributed by atoms with Gasteiger partial charge >= 0.3 is 13.8 Å². The summed E-state index contributed by atoms with van der Waals surface area (Å²) in [6.45, 7) is 6.12. The van der Waals surface area contributed by atoms with Gasteiger partial charge < -0.3 is 29.1 Å². The van der Waals surface area contributed by atoms with Gasteiger partial charge in [-0.15, -0.1) is 0 Å². The summed E-state index contributed by atoms with van der Waals surface area (Å²) in [6.07, 6.45) is 0.408. The number of likely N-dealkylation sites (N-methyl/N-ethyl adjacent to an activating group) is 1. The van der Waals surface area contributed by atoms with E-state index in [9.17, 15) is 14.3 Å². The first-order chi connectivity index (χ1) is 12.2. The van der Waals surface area contributed by atoms with Gasteiger partial charge in [0.2, 0.25) is 0 Å². The van der Waals surface area contributed by atoms with Crippen LogP contribution in [0.4, 0.5) is 4.79 Å². The average molecular weight is 416 g/mol. The molecule has 0 aliphatic carbocycles. The fourth-order valence-corrected chi connectivity index (χ4v) is 3.39. The third kappa shape index (κ3) is 7.79. The lowest BCUT2D eigenvalue weighted by Gasteiger charge is -2.38. The number of alkyl halides is 1. The predicted octanol–water partition coefficient (Wildman–Crippen LogP) is 1.21. The maximum absolute atomic E-state index is 12.1. The van der Waals surface area contributed by atoms with Crippen LogP contribution in [0.1, 0.15) is 13.3 Å². The van der Waals surface area contributed by atoms with Crippen molar-refractivity contribution in [3.63, 3.8) is 0 Å². The monoisotopic (exact) mass is 415 g/mol. The molecule has 0 amide bonds. The molecule has 0 aromatic carbocycles. The van der Waals surface area contributed by atoms with Crippen LogP contribution in [0.5, 0.6) is 0 Å². The topological polar surface area (TPSA) is 119 Å². The first-order valence-electron chi connectivity index (χ1n) is 8.04. The van der Waals surface area contributed by atoms with Gasteiger partial charge in [-0.1, -0.05) is 18.2 Å². The summed E-state index contributed by atoms with van der Waals surface area (Å²) in [7, 11) is -2.03. The fourth-order valence-electron chi connectivity index (χ4n) is 2.33. The highest BCUT2D eigenvalue weighted by Crippen LogP contribution is 2.41. The van der Waals surface area contributed by atoms with Crippen LogP contribution in [0.25, 0.3) is 0 Å². The molecule has 26 heavy (non-hydrogen) atoms. The Morgan fingerprint density at radius 2 is 2.35 bits per heavy atom. The summed E-state index contributed by atoms with van der Waals surface area (Å²) in [5.41, 5.74) is 2.46. The minimum atomic E-state index is -3.86. The van der Waals surface area contributed by atoms with Crippen LogP contribution in [-0.2, 0) is 23.3 Å². The van der Waals surface area contributed by atoms with Gasteiger partial charge in [0.1, 0.15) is 11.8 Å². The zero-order chi connectivity index (χ0) is 19.6. The van der Waals surface area contributed by atoms with Gasteiger partial charge in [0.05, 0.1) is 19.4 Å². The van der Waals surface area contributed by atoms with E-state index >= 15 is 0 Å². The van der Waals surface area contributed by atoms with Crippen molar-refractivity contribution < 1.29 is 33.0 Å². The minimum Gasteiger partial charge on any atom is -0.429 e. The highest BCUT2D eigenvalue weighted by molar-refractivity contribution is 7.52. The molecular weight excluding hydrogens is 389 g/mol. The standard InChI is InChI=1S/C14H27ClN3O7P/c1-4-17-18(3)14(5-7-22-10-14)16-6-8-26(20,21)24-9-12(2)25-13(19)23-11-15/h4,12,16-17H,1,5-11H2,2-3H3,(H,20,21). The third-order valence-corrected chi connectivity index (χ3v) is 5.21. The lowest BCUT2D eigenvalue weighted by Crippen LogP contribution is -2.62. The van der Waals surface area contributed by atoms with Gasteiger partial charge in [-0.3, -0.25) is 9.88 Å². The van der Waals surface area contributed by atoms with E-state index in [0.29, 0.717) is 19.6 Å². The molecule has 0 saturated carbocycles. The Balaban J connectivity index is 2.40. The molecule has 3 atom stereocenters. The highest BCUT2D eigenvalue weighted by Gasteiger charge is 2.39. The second-order valence-corrected chi connectivity index (χ2v) is 7.94. The summed E-state index contributed by atoms with van der Waals surface area (Å²) >= 11 is 5.23. The lowest BCUT2D eigenvalue weighted by molar-refractivity contribution is 0.0200. The van der Waals surface area contributed by atoms with Gasteiger partial charge in [0.25, 0.3) is 0 Å². The van der Waals surface area contributed by atoms with Gasteiger partial charge in [0.15, 0.2) is 6.07 Å².